The molecule has 0 aliphatic rings. The Morgan fingerprint density at radius 2 is 1.70 bits per heavy atom. The van der Waals surface area contributed by atoms with E-state index in [4.69, 9.17) is 11.6 Å². The standard InChI is InChI=1S/C16H16N4/c1-11-8-13(6-7-19-11)14-9-16(20(18)10-14)12-2-4-15(17)5-3-12/h2-10H,17-18H2,1H3. The number of anilines is 1. The maximum atomic E-state index is 6.06. The van der Waals surface area contributed by atoms with Crippen molar-refractivity contribution in [3.8, 4) is 22.4 Å². The van der Waals surface area contributed by atoms with Crippen molar-refractivity contribution in [3.05, 3.63) is 60.6 Å². The SMILES string of the molecule is Cc1cc(-c2cc(-c3ccc(N)cc3)n(N)c2)ccn1. The van der Waals surface area contributed by atoms with Crippen LogP contribution >= 0.6 is 0 Å². The fraction of sp³-hybridized carbons (Fsp3) is 0.0625. The molecular weight excluding hydrogens is 248 g/mol. The lowest BCUT2D eigenvalue weighted by Gasteiger charge is -2.02. The maximum Gasteiger partial charge on any atom is 0.0696 e. The highest BCUT2D eigenvalue weighted by molar-refractivity contribution is 5.72. The number of hydrogen-bond donors (Lipinski definition) is 2. The molecule has 0 bridgehead atoms. The second-order valence-electron chi connectivity index (χ2n) is 4.83. The van der Waals surface area contributed by atoms with E-state index in [0.29, 0.717) is 0 Å². The van der Waals surface area contributed by atoms with Gasteiger partial charge in [0.1, 0.15) is 0 Å². The highest BCUT2D eigenvalue weighted by Crippen LogP contribution is 2.27. The van der Waals surface area contributed by atoms with Crippen molar-refractivity contribution < 1.29 is 0 Å². The summed E-state index contributed by atoms with van der Waals surface area (Å²) >= 11 is 0. The molecule has 0 amide bonds. The van der Waals surface area contributed by atoms with Crippen LogP contribution < -0.4 is 11.6 Å². The number of nitrogen functional groups attached to an aromatic ring is 2. The summed E-state index contributed by atoms with van der Waals surface area (Å²) < 4.78 is 1.64. The van der Waals surface area contributed by atoms with E-state index in [-0.39, 0.29) is 0 Å². The van der Waals surface area contributed by atoms with Gasteiger partial charge < -0.3 is 11.6 Å². The number of aryl methyl sites for hydroxylation is 1. The molecule has 4 heteroatoms. The fourth-order valence-electron chi connectivity index (χ4n) is 2.25. The summed E-state index contributed by atoms with van der Waals surface area (Å²) in [6, 6.07) is 13.8. The molecule has 1 aromatic carbocycles. The van der Waals surface area contributed by atoms with Gasteiger partial charge >= 0.3 is 0 Å². The molecule has 20 heavy (non-hydrogen) atoms. The van der Waals surface area contributed by atoms with E-state index in [2.05, 4.69) is 11.1 Å². The Hall–Kier alpha value is -2.75. The zero-order chi connectivity index (χ0) is 14.1. The van der Waals surface area contributed by atoms with E-state index in [1.165, 1.54) is 0 Å². The summed E-state index contributed by atoms with van der Waals surface area (Å²) in [6.07, 6.45) is 3.72. The molecule has 0 radical (unpaired) electrons. The first-order valence-electron chi connectivity index (χ1n) is 6.40. The largest absolute Gasteiger partial charge is 0.399 e. The summed E-state index contributed by atoms with van der Waals surface area (Å²) in [5, 5.41) is 0. The van der Waals surface area contributed by atoms with Crippen molar-refractivity contribution in [1.29, 1.82) is 0 Å². The number of aromatic nitrogens is 2. The Labute approximate surface area is 117 Å². The summed E-state index contributed by atoms with van der Waals surface area (Å²) in [7, 11) is 0. The number of nitrogens with zero attached hydrogens (tertiary/aromatic N) is 2. The van der Waals surface area contributed by atoms with Gasteiger partial charge in [-0.25, -0.2) is 0 Å². The van der Waals surface area contributed by atoms with Crippen molar-refractivity contribution in [2.45, 2.75) is 6.92 Å². The quantitative estimate of drug-likeness (QED) is 0.552. The van der Waals surface area contributed by atoms with Crippen LogP contribution in [0.15, 0.2) is 54.9 Å². The topological polar surface area (TPSA) is 69.9 Å². The molecule has 0 aliphatic carbocycles. The monoisotopic (exact) mass is 264 g/mol. The second kappa shape index (κ2) is 4.74. The third-order valence-electron chi connectivity index (χ3n) is 3.28. The highest BCUT2D eigenvalue weighted by atomic mass is 15.3. The summed E-state index contributed by atoms with van der Waals surface area (Å²) in [5.41, 5.74) is 11.6. The number of nitrogens with two attached hydrogens (primary N) is 2. The van der Waals surface area contributed by atoms with Gasteiger partial charge in [-0.1, -0.05) is 12.1 Å². The third kappa shape index (κ3) is 2.23. The molecule has 2 heterocycles. The van der Waals surface area contributed by atoms with E-state index < -0.39 is 0 Å². The van der Waals surface area contributed by atoms with Gasteiger partial charge in [0, 0.05) is 34.9 Å². The number of benzene rings is 1. The average Bonchev–Trinajstić information content (AvgIpc) is 2.82. The zero-order valence-electron chi connectivity index (χ0n) is 11.2. The van der Waals surface area contributed by atoms with Crippen LogP contribution in [0.5, 0.6) is 0 Å². The van der Waals surface area contributed by atoms with Crippen molar-refractivity contribution in [2.24, 2.45) is 0 Å². The van der Waals surface area contributed by atoms with Crippen LogP contribution in [-0.2, 0) is 0 Å². The minimum atomic E-state index is 0.744. The lowest BCUT2D eigenvalue weighted by Crippen LogP contribution is -2.07. The lowest BCUT2D eigenvalue weighted by molar-refractivity contribution is 1.03. The molecule has 2 aromatic heterocycles. The molecule has 0 unspecified atom stereocenters. The number of hydrogen-bond acceptors (Lipinski definition) is 3. The smallest absolute Gasteiger partial charge is 0.0696 e. The molecule has 0 saturated carbocycles. The molecule has 0 saturated heterocycles. The van der Waals surface area contributed by atoms with Crippen molar-refractivity contribution in [3.63, 3.8) is 0 Å². The fourth-order valence-corrected chi connectivity index (χ4v) is 2.25. The number of rotatable bonds is 2. The van der Waals surface area contributed by atoms with E-state index in [0.717, 1.165) is 33.8 Å². The van der Waals surface area contributed by atoms with Crippen LogP contribution in [0.3, 0.4) is 0 Å². The van der Waals surface area contributed by atoms with Crippen molar-refractivity contribution in [1.82, 2.24) is 9.66 Å². The van der Waals surface area contributed by atoms with Gasteiger partial charge in [0.05, 0.1) is 5.69 Å². The van der Waals surface area contributed by atoms with Crippen molar-refractivity contribution in [2.75, 3.05) is 11.6 Å². The molecule has 3 rings (SSSR count). The van der Waals surface area contributed by atoms with Gasteiger partial charge in [0.25, 0.3) is 0 Å². The molecule has 0 aliphatic heterocycles. The normalized spacial score (nSPS) is 10.7. The molecule has 4 N–H and O–H groups in total. The van der Waals surface area contributed by atoms with E-state index in [1.807, 2.05) is 49.5 Å². The van der Waals surface area contributed by atoms with Gasteiger partial charge in [-0.05, 0) is 42.8 Å². The van der Waals surface area contributed by atoms with Crippen molar-refractivity contribution >= 4 is 5.69 Å². The number of pyridine rings is 1. The van der Waals surface area contributed by atoms with E-state index in [9.17, 15) is 0 Å². The zero-order valence-corrected chi connectivity index (χ0v) is 11.2. The third-order valence-corrected chi connectivity index (χ3v) is 3.28. The molecule has 0 spiro atoms. The van der Waals surface area contributed by atoms with Crippen LogP contribution in [0.1, 0.15) is 5.69 Å². The summed E-state index contributed by atoms with van der Waals surface area (Å²) in [4.78, 5) is 4.21. The van der Waals surface area contributed by atoms with Crippen LogP contribution in [0, 0.1) is 6.92 Å². The predicted octanol–water partition coefficient (Wildman–Crippen LogP) is 2.82. The van der Waals surface area contributed by atoms with Gasteiger partial charge in [0.15, 0.2) is 0 Å². The van der Waals surface area contributed by atoms with Gasteiger partial charge in [-0.2, -0.15) is 0 Å². The van der Waals surface area contributed by atoms with Crippen LogP contribution in [0.4, 0.5) is 5.69 Å². The first-order valence-corrected chi connectivity index (χ1v) is 6.40. The first kappa shape index (κ1) is 12.3. The Balaban J connectivity index is 2.05. The van der Waals surface area contributed by atoms with Crippen LogP contribution in [0.2, 0.25) is 0 Å². The van der Waals surface area contributed by atoms with E-state index >= 15 is 0 Å². The maximum absolute atomic E-state index is 6.06. The Bertz CT molecular complexity index is 741. The molecular formula is C16H16N4. The average molecular weight is 264 g/mol. The first-order chi connectivity index (χ1) is 9.63. The van der Waals surface area contributed by atoms with Gasteiger partial charge in [0.2, 0.25) is 0 Å². The lowest BCUT2D eigenvalue weighted by atomic mass is 10.1. The van der Waals surface area contributed by atoms with Gasteiger partial charge in [-0.15, -0.1) is 0 Å². The van der Waals surface area contributed by atoms with Gasteiger partial charge in [-0.3, -0.25) is 9.66 Å². The summed E-state index contributed by atoms with van der Waals surface area (Å²) in [6.45, 7) is 1.98. The van der Waals surface area contributed by atoms with Crippen LogP contribution in [0.25, 0.3) is 22.4 Å². The van der Waals surface area contributed by atoms with Crippen LogP contribution in [-0.4, -0.2) is 9.66 Å². The molecule has 0 atom stereocenters. The van der Waals surface area contributed by atoms with E-state index in [1.54, 1.807) is 10.9 Å². The minimum Gasteiger partial charge on any atom is -0.399 e. The predicted molar refractivity (Wildman–Crippen MR) is 82.4 cm³/mol. The molecule has 100 valence electrons. The Morgan fingerprint density at radius 3 is 2.40 bits per heavy atom. The minimum absolute atomic E-state index is 0.744. The Morgan fingerprint density at radius 1 is 0.950 bits per heavy atom. The Kier molecular flexibility index (Phi) is 2.91. The molecule has 4 nitrogen and oxygen atoms in total. The molecule has 0 fully saturated rings. The molecule has 3 aromatic rings. The second-order valence-corrected chi connectivity index (χ2v) is 4.83. The summed E-state index contributed by atoms with van der Waals surface area (Å²) in [5.74, 6) is 6.06. The highest BCUT2D eigenvalue weighted by Gasteiger charge is 2.08.